The van der Waals surface area contributed by atoms with Crippen LogP contribution >= 0.6 is 0 Å². The number of carboxylic acid groups (broad SMARTS) is 2. The van der Waals surface area contributed by atoms with Gasteiger partial charge in [-0.15, -0.1) is 0 Å². The predicted octanol–water partition coefficient (Wildman–Crippen LogP) is 0.541. The number of carbonyl (C=O) groups excluding carboxylic acids is 1. The van der Waals surface area contributed by atoms with E-state index in [9.17, 15) is 19.5 Å². The van der Waals surface area contributed by atoms with Gasteiger partial charge in [0.05, 0.1) is 36.1 Å². The predicted molar refractivity (Wildman–Crippen MR) is 153 cm³/mol. The Morgan fingerprint density at radius 2 is 1.34 bits per heavy atom. The standard InChI is InChI=1S/C7H12O4.C7H10O3.C7H10O2.C6H15N.2CH4.K.H2O/c8-5-2-1-4(7(10)11)3-6(5)9;8-5-2-1-4-3-6(5)10-7(4)9;8-7(9)6-4-2-1-3-5-6;1-4-7(5-2)6-3;;;;/h4-6,8-9H,1-3H2,(H,10,11);4-6,8H,1-3H2;1-2,6H,3-5H2,(H,8,9);4-6H2,1-3H3;2*1H4;;1H2/q;;;;;;+1;/p-1/t2*4-,5-,6-;;;;;;/m00....../s1. The number of ether oxygens (including phenoxy) is 1. The maximum Gasteiger partial charge on any atom is 1.00 e. The van der Waals surface area contributed by atoms with Crippen LogP contribution in [0.25, 0.3) is 0 Å². The molecule has 3 aliphatic carbocycles. The third kappa shape index (κ3) is 18.1. The van der Waals surface area contributed by atoms with Gasteiger partial charge in [0.25, 0.3) is 0 Å². The van der Waals surface area contributed by atoms with E-state index in [-0.39, 0.29) is 102 Å². The van der Waals surface area contributed by atoms with Gasteiger partial charge in [-0.25, -0.2) is 0 Å². The van der Waals surface area contributed by atoms with E-state index < -0.39 is 36.2 Å². The minimum Gasteiger partial charge on any atom is -0.870 e. The Labute approximate surface area is 289 Å². The Bertz CT molecular complexity index is 729. The molecule has 11 nitrogen and oxygen atoms in total. The molecule has 238 valence electrons. The van der Waals surface area contributed by atoms with E-state index in [0.29, 0.717) is 12.8 Å². The number of aliphatic carboxylic acids is 2. The van der Waals surface area contributed by atoms with Gasteiger partial charge < -0.3 is 40.6 Å². The van der Waals surface area contributed by atoms with Gasteiger partial charge in [0.15, 0.2) is 0 Å². The van der Waals surface area contributed by atoms with Gasteiger partial charge in [-0.1, -0.05) is 47.8 Å². The zero-order valence-electron chi connectivity index (χ0n) is 23.9. The Morgan fingerprint density at radius 1 is 0.805 bits per heavy atom. The molecule has 41 heavy (non-hydrogen) atoms. The van der Waals surface area contributed by atoms with Gasteiger partial charge in [-0.2, -0.15) is 0 Å². The maximum atomic E-state index is 10.9. The molecule has 4 rings (SSSR count). The molecule has 0 radical (unpaired) electrons. The summed E-state index contributed by atoms with van der Waals surface area (Å²) < 4.78 is 4.91. The van der Waals surface area contributed by atoms with Crippen LogP contribution < -0.4 is 51.4 Å². The van der Waals surface area contributed by atoms with Crippen molar-refractivity contribution in [3.63, 3.8) is 0 Å². The van der Waals surface area contributed by atoms with Crippen LogP contribution in [-0.2, 0) is 19.1 Å². The molecule has 2 bridgehead atoms. The monoisotopic (exact) mass is 617 g/mol. The quantitative estimate of drug-likeness (QED) is 0.164. The normalized spacial score (nSPS) is 28.9. The number of hydrogen-bond donors (Lipinski definition) is 5. The van der Waals surface area contributed by atoms with E-state index in [0.717, 1.165) is 38.5 Å². The van der Waals surface area contributed by atoms with E-state index >= 15 is 0 Å². The summed E-state index contributed by atoms with van der Waals surface area (Å²) in [5.41, 5.74) is 0. The van der Waals surface area contributed by atoms with E-state index in [1.165, 1.54) is 19.6 Å². The third-order valence-electron chi connectivity index (χ3n) is 7.45. The molecule has 3 fully saturated rings. The molecular formula is C29H56KNO10. The van der Waals surface area contributed by atoms with Crippen molar-refractivity contribution in [3.05, 3.63) is 12.2 Å². The van der Waals surface area contributed by atoms with Gasteiger partial charge in [0.2, 0.25) is 0 Å². The third-order valence-corrected chi connectivity index (χ3v) is 7.45. The first-order chi connectivity index (χ1) is 17.5. The van der Waals surface area contributed by atoms with Crippen molar-refractivity contribution in [3.8, 4) is 0 Å². The summed E-state index contributed by atoms with van der Waals surface area (Å²) in [4.78, 5) is 34.0. The Balaban J connectivity index is -0.000000218. The first-order valence-corrected chi connectivity index (χ1v) is 13.6. The van der Waals surface area contributed by atoms with Crippen molar-refractivity contribution in [1.29, 1.82) is 0 Å². The van der Waals surface area contributed by atoms with Crippen molar-refractivity contribution >= 4 is 17.9 Å². The molecule has 1 saturated heterocycles. The zero-order chi connectivity index (χ0) is 28.0. The Hall–Kier alpha value is -0.414. The average molecular weight is 618 g/mol. The fourth-order valence-corrected chi connectivity index (χ4v) is 4.74. The molecule has 4 aliphatic rings. The average Bonchev–Trinajstić information content (AvgIpc) is 3.21. The van der Waals surface area contributed by atoms with Gasteiger partial charge in [0, 0.05) is 6.42 Å². The van der Waals surface area contributed by atoms with Gasteiger partial charge in [0.1, 0.15) is 6.10 Å². The van der Waals surface area contributed by atoms with Crippen LogP contribution in [-0.4, -0.2) is 97.9 Å². The van der Waals surface area contributed by atoms with Crippen LogP contribution in [0.15, 0.2) is 12.2 Å². The van der Waals surface area contributed by atoms with Crippen molar-refractivity contribution in [2.45, 2.75) is 118 Å². The van der Waals surface area contributed by atoms with Crippen LogP contribution in [0.2, 0.25) is 0 Å². The number of allylic oxidation sites excluding steroid dienone is 2. The number of carbonyl (C=O) groups is 3. The van der Waals surface area contributed by atoms with Crippen LogP contribution in [0.4, 0.5) is 0 Å². The number of rotatable bonds is 5. The SMILES string of the molecule is C.C.CCN(CC)CC.O=C(O)C1CC=CCC1.O=C(O)[C@H]1CC[C@H](O)[C@@H](O)C1.O=C1O[C@H]2C[C@@H]1CC[C@@H]2O.[K+].[OH-]. The minimum absolute atomic E-state index is 0. The number of nitrogens with zero attached hydrogens (tertiary/aromatic N) is 1. The molecule has 0 aromatic carbocycles. The minimum atomic E-state index is -0.879. The van der Waals surface area contributed by atoms with Crippen LogP contribution in [0.5, 0.6) is 0 Å². The molecular weight excluding hydrogens is 561 g/mol. The molecule has 1 heterocycles. The summed E-state index contributed by atoms with van der Waals surface area (Å²) in [7, 11) is 0. The summed E-state index contributed by atoms with van der Waals surface area (Å²) in [5, 5.41) is 44.4. The second-order valence-corrected chi connectivity index (χ2v) is 9.97. The van der Waals surface area contributed by atoms with Crippen LogP contribution in [0, 0.1) is 17.8 Å². The van der Waals surface area contributed by atoms with Gasteiger partial charge >= 0.3 is 69.3 Å². The molecule has 7 atom stereocenters. The topological polar surface area (TPSA) is 195 Å². The molecule has 0 aromatic rings. The maximum absolute atomic E-state index is 10.9. The second kappa shape index (κ2) is 26.0. The van der Waals surface area contributed by atoms with Crippen LogP contribution in [0.3, 0.4) is 0 Å². The number of aliphatic hydroxyl groups is 3. The molecule has 1 unspecified atom stereocenters. The van der Waals surface area contributed by atoms with E-state index in [4.69, 9.17) is 25.2 Å². The first-order valence-electron chi connectivity index (χ1n) is 13.6. The fraction of sp³-hybridized carbons (Fsp3) is 0.828. The van der Waals surface area contributed by atoms with E-state index in [1.807, 2.05) is 12.2 Å². The van der Waals surface area contributed by atoms with Crippen molar-refractivity contribution in [2.24, 2.45) is 17.8 Å². The summed E-state index contributed by atoms with van der Waals surface area (Å²) >= 11 is 0. The molecule has 1 aliphatic heterocycles. The van der Waals surface area contributed by atoms with Crippen molar-refractivity contribution in [2.75, 3.05) is 19.6 Å². The summed E-state index contributed by atoms with van der Waals surface area (Å²) in [6, 6.07) is 0. The van der Waals surface area contributed by atoms with Crippen molar-refractivity contribution < 1.29 is 102 Å². The van der Waals surface area contributed by atoms with E-state index in [1.54, 1.807) is 0 Å². The number of aliphatic hydroxyl groups excluding tert-OH is 3. The molecule has 0 aromatic heterocycles. The molecule has 0 amide bonds. The molecule has 0 spiro atoms. The van der Waals surface area contributed by atoms with Gasteiger partial charge in [-0.3, -0.25) is 14.4 Å². The number of fused-ring (bicyclic) bond motifs is 2. The van der Waals surface area contributed by atoms with Crippen LogP contribution in [0.1, 0.15) is 93.4 Å². The zero-order valence-corrected chi connectivity index (χ0v) is 27.1. The van der Waals surface area contributed by atoms with Crippen molar-refractivity contribution in [1.82, 2.24) is 4.90 Å². The summed E-state index contributed by atoms with van der Waals surface area (Å²) in [5.74, 6) is -2.14. The number of carboxylic acids is 2. The molecule has 12 heteroatoms. The molecule has 2 saturated carbocycles. The number of hydrogen-bond acceptors (Lipinski definition) is 9. The summed E-state index contributed by atoms with van der Waals surface area (Å²) in [6.07, 6.45) is 7.56. The summed E-state index contributed by atoms with van der Waals surface area (Å²) in [6.45, 7) is 10.1. The first kappa shape index (κ1) is 47.5. The van der Waals surface area contributed by atoms with Gasteiger partial charge in [-0.05, 0) is 71.0 Å². The Morgan fingerprint density at radius 3 is 1.71 bits per heavy atom. The smallest absolute Gasteiger partial charge is 0.870 e. The number of esters is 1. The second-order valence-electron chi connectivity index (χ2n) is 9.97. The fourth-order valence-electron chi connectivity index (χ4n) is 4.74. The Kier molecular flexibility index (Phi) is 30.2. The largest absolute Gasteiger partial charge is 1.00 e. The van der Waals surface area contributed by atoms with E-state index in [2.05, 4.69) is 25.7 Å². The molecule has 6 N–H and O–H groups in total.